The average molecular weight is 597 g/mol. The van der Waals surface area contributed by atoms with Crippen LogP contribution in [0.4, 0.5) is 24.5 Å². The van der Waals surface area contributed by atoms with Crippen LogP contribution in [0.1, 0.15) is 27.4 Å². The van der Waals surface area contributed by atoms with E-state index in [4.69, 9.17) is 63.7 Å². The number of anilines is 2. The summed E-state index contributed by atoms with van der Waals surface area (Å²) >= 11 is 31.0. The van der Waals surface area contributed by atoms with Crippen molar-refractivity contribution in [2.24, 2.45) is 5.92 Å². The average Bonchev–Trinajstić information content (AvgIpc) is 3.40. The van der Waals surface area contributed by atoms with Crippen molar-refractivity contribution in [1.82, 2.24) is 0 Å². The molecule has 0 bridgehead atoms. The molecule has 36 heavy (non-hydrogen) atoms. The molecule has 1 fully saturated rings. The zero-order chi connectivity index (χ0) is 26.5. The lowest BCUT2D eigenvalue weighted by Gasteiger charge is -2.13. The van der Waals surface area contributed by atoms with Crippen molar-refractivity contribution in [1.29, 1.82) is 0 Å². The number of nitrogens with two attached hydrogens (primary N) is 1. The molecule has 3 aromatic rings. The van der Waals surface area contributed by atoms with E-state index < -0.39 is 57.4 Å². The molecule has 1 aliphatic carbocycles. The van der Waals surface area contributed by atoms with Gasteiger partial charge in [0.1, 0.15) is 21.7 Å². The highest BCUT2D eigenvalue weighted by atomic mass is 35.5. The van der Waals surface area contributed by atoms with Gasteiger partial charge in [0.2, 0.25) is 5.91 Å². The van der Waals surface area contributed by atoms with Crippen LogP contribution in [0.3, 0.4) is 0 Å². The zero-order valence-corrected chi connectivity index (χ0v) is 21.6. The quantitative estimate of drug-likeness (QED) is 0.175. The molecule has 4 nitrogen and oxygen atoms in total. The number of carbonyl (C=O) groups excluding carboxylic acids is 2. The van der Waals surface area contributed by atoms with E-state index in [1.165, 1.54) is 24.3 Å². The van der Waals surface area contributed by atoms with Crippen LogP contribution in [0.25, 0.3) is 0 Å². The Morgan fingerprint density at radius 1 is 0.944 bits per heavy atom. The molecule has 12 heteroatoms. The minimum atomic E-state index is -1.50. The Morgan fingerprint density at radius 2 is 1.61 bits per heavy atom. The third kappa shape index (κ3) is 4.87. The summed E-state index contributed by atoms with van der Waals surface area (Å²) in [5, 5.41) is 2.17. The number of ketones is 1. The van der Waals surface area contributed by atoms with Crippen molar-refractivity contribution in [2.45, 2.75) is 16.7 Å². The number of alkyl halides is 2. The number of benzene rings is 3. The van der Waals surface area contributed by atoms with Gasteiger partial charge < -0.3 is 11.1 Å². The van der Waals surface area contributed by atoms with Crippen LogP contribution in [-0.2, 0) is 11.2 Å². The molecule has 188 valence electrons. The Balaban J connectivity index is 1.57. The van der Waals surface area contributed by atoms with Crippen LogP contribution >= 0.6 is 58.0 Å². The van der Waals surface area contributed by atoms with Gasteiger partial charge in [0.15, 0.2) is 11.6 Å². The molecule has 0 radical (unpaired) electrons. The van der Waals surface area contributed by atoms with Crippen LogP contribution < -0.4 is 11.1 Å². The molecule has 2 atom stereocenters. The Morgan fingerprint density at radius 3 is 2.28 bits per heavy atom. The second-order valence-corrected chi connectivity index (χ2v) is 10.7. The molecule has 3 N–H and O–H groups in total. The molecule has 2 unspecified atom stereocenters. The highest BCUT2D eigenvalue weighted by molar-refractivity contribution is 6.53. The first-order chi connectivity index (χ1) is 16.8. The molecule has 0 heterocycles. The number of amides is 1. The fourth-order valence-corrected chi connectivity index (χ4v) is 5.55. The van der Waals surface area contributed by atoms with Gasteiger partial charge in [0.05, 0.1) is 32.2 Å². The van der Waals surface area contributed by atoms with Crippen molar-refractivity contribution in [3.63, 3.8) is 0 Å². The molecule has 3 aromatic carbocycles. The maximum atomic E-state index is 14.3. The van der Waals surface area contributed by atoms with E-state index >= 15 is 0 Å². The molecule has 0 aromatic heterocycles. The summed E-state index contributed by atoms with van der Waals surface area (Å²) in [6.07, 6.45) is -0.518. The standard InChI is InChI=1S/C24H14Cl5F3N2O2/c25-11-3-6-15(20(27)17(11)16(35)8-10-2-5-14(31)22(33)21(10)32)34-23(36)19-18(24(19,28)29)9-1-4-13(30)12(26)7-9/h1-7,18-19H,8,33H2,(H,34,36). The highest BCUT2D eigenvalue weighted by Gasteiger charge is 2.67. The fraction of sp³-hybridized carbons (Fsp3) is 0.167. The first-order valence-electron chi connectivity index (χ1n) is 10.2. The Hall–Kier alpha value is -2.16. The van der Waals surface area contributed by atoms with E-state index in [-0.39, 0.29) is 31.9 Å². The normalized spacial score (nSPS) is 18.1. The molecule has 1 amide bonds. The summed E-state index contributed by atoms with van der Waals surface area (Å²) in [5.74, 6) is -5.60. The van der Waals surface area contributed by atoms with E-state index in [1.807, 2.05) is 0 Å². The number of Topliss-reactive ketones (excluding diaryl/α,β-unsaturated/α-hetero) is 1. The van der Waals surface area contributed by atoms with Crippen LogP contribution in [0.5, 0.6) is 0 Å². The number of nitrogens with one attached hydrogen (secondary N) is 1. The summed E-state index contributed by atoms with van der Waals surface area (Å²) in [6, 6.07) is 8.61. The highest BCUT2D eigenvalue weighted by Crippen LogP contribution is 2.65. The number of halogens is 8. The van der Waals surface area contributed by atoms with Gasteiger partial charge in [0.25, 0.3) is 0 Å². The fourth-order valence-electron chi connectivity index (χ4n) is 3.90. The van der Waals surface area contributed by atoms with E-state index in [2.05, 4.69) is 5.32 Å². The van der Waals surface area contributed by atoms with Gasteiger partial charge in [-0.1, -0.05) is 46.9 Å². The summed E-state index contributed by atoms with van der Waals surface area (Å²) in [6.45, 7) is 0. The van der Waals surface area contributed by atoms with Crippen LogP contribution in [0.2, 0.25) is 15.1 Å². The van der Waals surface area contributed by atoms with Crippen molar-refractivity contribution in [3.05, 3.63) is 91.7 Å². The number of hydrogen-bond donors (Lipinski definition) is 2. The summed E-state index contributed by atoms with van der Waals surface area (Å²) in [7, 11) is 0. The van der Waals surface area contributed by atoms with Gasteiger partial charge in [-0.05, 0) is 41.5 Å². The summed E-state index contributed by atoms with van der Waals surface area (Å²) in [4.78, 5) is 25.9. The maximum Gasteiger partial charge on any atom is 0.231 e. The number of carbonyl (C=O) groups is 2. The molecular formula is C24H14Cl5F3N2O2. The lowest BCUT2D eigenvalue weighted by atomic mass is 10.0. The summed E-state index contributed by atoms with van der Waals surface area (Å²) in [5.41, 5.74) is 4.79. The van der Waals surface area contributed by atoms with Gasteiger partial charge in [0, 0.05) is 12.3 Å². The Bertz CT molecular complexity index is 1420. The smallest absolute Gasteiger partial charge is 0.231 e. The number of rotatable bonds is 6. The SMILES string of the molecule is Nc1c(F)ccc(CC(=O)c2c(Cl)ccc(NC(=O)C3C(c4ccc(F)c(Cl)c4)C3(Cl)Cl)c2Cl)c1F. The maximum absolute atomic E-state index is 14.3. The molecule has 1 saturated carbocycles. The Labute approximate surface area is 228 Å². The second-order valence-electron chi connectivity index (χ2n) is 8.11. The van der Waals surface area contributed by atoms with Gasteiger partial charge in [-0.25, -0.2) is 13.2 Å². The molecule has 1 aliphatic rings. The molecule has 0 spiro atoms. The van der Waals surface area contributed by atoms with Crippen LogP contribution in [0, 0.1) is 23.4 Å². The van der Waals surface area contributed by atoms with Gasteiger partial charge in [-0.15, -0.1) is 23.2 Å². The van der Waals surface area contributed by atoms with Gasteiger partial charge >= 0.3 is 0 Å². The lowest BCUT2D eigenvalue weighted by Crippen LogP contribution is -2.18. The van der Waals surface area contributed by atoms with Crippen molar-refractivity contribution >= 4 is 81.1 Å². The summed E-state index contributed by atoms with van der Waals surface area (Å²) < 4.78 is 39.8. The third-order valence-electron chi connectivity index (χ3n) is 5.82. The Kier molecular flexibility index (Phi) is 7.43. The monoisotopic (exact) mass is 594 g/mol. The minimum absolute atomic E-state index is 0.0282. The number of hydrogen-bond acceptors (Lipinski definition) is 3. The first-order valence-corrected chi connectivity index (χ1v) is 12.1. The van der Waals surface area contributed by atoms with Crippen LogP contribution in [0.15, 0.2) is 42.5 Å². The topological polar surface area (TPSA) is 72.2 Å². The molecule has 0 saturated heterocycles. The molecular weight excluding hydrogens is 583 g/mol. The van der Waals surface area contributed by atoms with E-state index in [0.29, 0.717) is 5.56 Å². The minimum Gasteiger partial charge on any atom is -0.394 e. The zero-order valence-electron chi connectivity index (χ0n) is 17.8. The molecule has 0 aliphatic heterocycles. The first kappa shape index (κ1) is 26.9. The largest absolute Gasteiger partial charge is 0.394 e. The second kappa shape index (κ2) is 9.95. The predicted octanol–water partition coefficient (Wildman–Crippen LogP) is 7.60. The lowest BCUT2D eigenvalue weighted by molar-refractivity contribution is -0.117. The molecule has 4 rings (SSSR count). The van der Waals surface area contributed by atoms with E-state index in [9.17, 15) is 22.8 Å². The number of nitrogen functional groups attached to an aromatic ring is 1. The van der Waals surface area contributed by atoms with Crippen molar-refractivity contribution in [3.8, 4) is 0 Å². The third-order valence-corrected chi connectivity index (χ3v) is 7.76. The van der Waals surface area contributed by atoms with E-state index in [0.717, 1.165) is 18.2 Å². The van der Waals surface area contributed by atoms with Gasteiger partial charge in [-0.3, -0.25) is 9.59 Å². The van der Waals surface area contributed by atoms with Crippen LogP contribution in [-0.4, -0.2) is 16.0 Å². The van der Waals surface area contributed by atoms with E-state index in [1.54, 1.807) is 0 Å². The predicted molar refractivity (Wildman–Crippen MR) is 136 cm³/mol. The van der Waals surface area contributed by atoms with Crippen molar-refractivity contribution < 1.29 is 22.8 Å². The van der Waals surface area contributed by atoms with Crippen molar-refractivity contribution in [2.75, 3.05) is 11.1 Å². The van der Waals surface area contributed by atoms with Gasteiger partial charge in [-0.2, -0.15) is 0 Å².